The van der Waals surface area contributed by atoms with Crippen molar-refractivity contribution < 1.29 is 14.3 Å². The van der Waals surface area contributed by atoms with Crippen molar-refractivity contribution >= 4 is 6.09 Å². The van der Waals surface area contributed by atoms with Crippen molar-refractivity contribution in [1.82, 2.24) is 5.32 Å². The Bertz CT molecular complexity index is 313. The molecule has 1 N–H and O–H groups in total. The van der Waals surface area contributed by atoms with Gasteiger partial charge < -0.3 is 14.8 Å². The van der Waals surface area contributed by atoms with E-state index in [4.69, 9.17) is 9.47 Å². The molecule has 0 saturated heterocycles. The molecule has 0 aliphatic carbocycles. The number of nitrogens with one attached hydrogen (secondary N) is 1. The number of ether oxygens (including phenoxy) is 2. The highest BCUT2D eigenvalue weighted by Crippen LogP contribution is 2.10. The first-order valence-corrected chi connectivity index (χ1v) is 5.21. The summed E-state index contributed by atoms with van der Waals surface area (Å²) in [6.07, 6.45) is -0.423. The molecule has 4 nitrogen and oxygen atoms in total. The molecule has 1 amide bonds. The van der Waals surface area contributed by atoms with Gasteiger partial charge in [0.15, 0.2) is 0 Å². The first-order valence-electron chi connectivity index (χ1n) is 5.21. The van der Waals surface area contributed by atoms with Crippen molar-refractivity contribution in [1.29, 1.82) is 0 Å². The average molecular weight is 223 g/mol. The fourth-order valence-corrected chi connectivity index (χ4v) is 1.26. The maximum absolute atomic E-state index is 11.3. The van der Waals surface area contributed by atoms with Gasteiger partial charge in [-0.25, -0.2) is 4.79 Å². The number of hydrogen-bond acceptors (Lipinski definition) is 3. The Morgan fingerprint density at radius 3 is 2.62 bits per heavy atom. The third kappa shape index (κ3) is 4.31. The number of rotatable bonds is 5. The van der Waals surface area contributed by atoms with Crippen molar-refractivity contribution in [3.8, 4) is 0 Å². The van der Waals surface area contributed by atoms with Crippen molar-refractivity contribution in [2.24, 2.45) is 0 Å². The minimum atomic E-state index is -0.423. The second-order valence-electron chi connectivity index (χ2n) is 3.41. The molecule has 1 aromatic carbocycles. The van der Waals surface area contributed by atoms with Gasteiger partial charge in [-0.3, -0.25) is 0 Å². The molecule has 0 aliphatic rings. The standard InChI is InChI=1S/C12H17NO3/c1-10(11-6-4-3-5-7-11)13-12(14)16-9-8-15-2/h3-7,10H,8-9H2,1-2H3,(H,13,14). The quantitative estimate of drug-likeness (QED) is 0.778. The number of benzene rings is 1. The van der Waals surface area contributed by atoms with E-state index in [1.807, 2.05) is 37.3 Å². The third-order valence-corrected chi connectivity index (χ3v) is 2.15. The molecule has 0 aromatic heterocycles. The molecule has 0 saturated carbocycles. The molecule has 4 heteroatoms. The molecule has 1 unspecified atom stereocenters. The van der Waals surface area contributed by atoms with E-state index < -0.39 is 6.09 Å². The van der Waals surface area contributed by atoms with Crippen LogP contribution in [0.25, 0.3) is 0 Å². The minimum Gasteiger partial charge on any atom is -0.447 e. The van der Waals surface area contributed by atoms with Crippen LogP contribution in [0.3, 0.4) is 0 Å². The van der Waals surface area contributed by atoms with Gasteiger partial charge in [0.05, 0.1) is 12.6 Å². The largest absolute Gasteiger partial charge is 0.447 e. The van der Waals surface area contributed by atoms with Crippen LogP contribution in [-0.2, 0) is 9.47 Å². The molecule has 0 spiro atoms. The lowest BCUT2D eigenvalue weighted by Gasteiger charge is -2.14. The van der Waals surface area contributed by atoms with E-state index in [9.17, 15) is 4.79 Å². The summed E-state index contributed by atoms with van der Waals surface area (Å²) >= 11 is 0. The zero-order chi connectivity index (χ0) is 11.8. The van der Waals surface area contributed by atoms with E-state index >= 15 is 0 Å². The number of amides is 1. The van der Waals surface area contributed by atoms with Crippen LogP contribution >= 0.6 is 0 Å². The molecule has 16 heavy (non-hydrogen) atoms. The predicted octanol–water partition coefficient (Wildman–Crippen LogP) is 2.12. The number of carbonyl (C=O) groups is 1. The second kappa shape index (κ2) is 6.85. The van der Waals surface area contributed by atoms with E-state index in [2.05, 4.69) is 5.32 Å². The molecule has 0 radical (unpaired) electrons. The molecule has 1 atom stereocenters. The summed E-state index contributed by atoms with van der Waals surface area (Å²) in [6, 6.07) is 9.66. The van der Waals surface area contributed by atoms with E-state index in [1.54, 1.807) is 7.11 Å². The van der Waals surface area contributed by atoms with Crippen molar-refractivity contribution in [2.45, 2.75) is 13.0 Å². The summed E-state index contributed by atoms with van der Waals surface area (Å²) < 4.78 is 9.68. The van der Waals surface area contributed by atoms with Gasteiger partial charge in [0.25, 0.3) is 0 Å². The van der Waals surface area contributed by atoms with Crippen molar-refractivity contribution in [3.05, 3.63) is 35.9 Å². The summed E-state index contributed by atoms with van der Waals surface area (Å²) in [5, 5.41) is 2.74. The number of carbonyl (C=O) groups excluding carboxylic acids is 1. The van der Waals surface area contributed by atoms with Crippen molar-refractivity contribution in [3.63, 3.8) is 0 Å². The second-order valence-corrected chi connectivity index (χ2v) is 3.41. The summed E-state index contributed by atoms with van der Waals surface area (Å²) in [6.45, 7) is 2.59. The Balaban J connectivity index is 2.34. The molecule has 88 valence electrons. The van der Waals surface area contributed by atoms with Crippen LogP contribution in [0.1, 0.15) is 18.5 Å². The Labute approximate surface area is 95.6 Å². The number of alkyl carbamates (subject to hydrolysis) is 1. The summed E-state index contributed by atoms with van der Waals surface area (Å²) in [4.78, 5) is 11.3. The molecule has 0 fully saturated rings. The van der Waals surface area contributed by atoms with Crippen LogP contribution in [0.4, 0.5) is 4.79 Å². The Hall–Kier alpha value is -1.55. The number of methoxy groups -OCH3 is 1. The van der Waals surface area contributed by atoms with Crippen LogP contribution in [0.2, 0.25) is 0 Å². The maximum Gasteiger partial charge on any atom is 0.407 e. The van der Waals surface area contributed by atoms with Gasteiger partial charge in [-0.2, -0.15) is 0 Å². The molecule has 1 rings (SSSR count). The summed E-state index contributed by atoms with van der Waals surface area (Å²) in [7, 11) is 1.56. The van der Waals surface area contributed by atoms with Gasteiger partial charge in [0.1, 0.15) is 6.61 Å². The molecule has 0 aliphatic heterocycles. The topological polar surface area (TPSA) is 47.6 Å². The van der Waals surface area contributed by atoms with Crippen LogP contribution in [0, 0.1) is 0 Å². The fourth-order valence-electron chi connectivity index (χ4n) is 1.26. The smallest absolute Gasteiger partial charge is 0.407 e. The lowest BCUT2D eigenvalue weighted by atomic mass is 10.1. The third-order valence-electron chi connectivity index (χ3n) is 2.15. The molecular weight excluding hydrogens is 206 g/mol. The monoisotopic (exact) mass is 223 g/mol. The Morgan fingerprint density at radius 2 is 2.00 bits per heavy atom. The van der Waals surface area contributed by atoms with Crippen LogP contribution in [0.15, 0.2) is 30.3 Å². The van der Waals surface area contributed by atoms with E-state index in [0.29, 0.717) is 6.61 Å². The van der Waals surface area contributed by atoms with E-state index in [0.717, 1.165) is 5.56 Å². The zero-order valence-electron chi connectivity index (χ0n) is 9.60. The van der Waals surface area contributed by atoms with Gasteiger partial charge in [0, 0.05) is 7.11 Å². The van der Waals surface area contributed by atoms with Gasteiger partial charge in [0.2, 0.25) is 0 Å². The molecular formula is C12H17NO3. The first-order chi connectivity index (χ1) is 7.74. The lowest BCUT2D eigenvalue weighted by molar-refractivity contribution is 0.0968. The van der Waals surface area contributed by atoms with Gasteiger partial charge in [-0.05, 0) is 12.5 Å². The number of hydrogen-bond donors (Lipinski definition) is 1. The summed E-state index contributed by atoms with van der Waals surface area (Å²) in [5.41, 5.74) is 1.05. The van der Waals surface area contributed by atoms with Gasteiger partial charge in [-0.1, -0.05) is 30.3 Å². The van der Waals surface area contributed by atoms with E-state index in [-0.39, 0.29) is 12.6 Å². The molecule has 0 heterocycles. The van der Waals surface area contributed by atoms with E-state index in [1.165, 1.54) is 0 Å². The normalized spacial score (nSPS) is 11.9. The van der Waals surface area contributed by atoms with Crippen LogP contribution in [0.5, 0.6) is 0 Å². The molecule has 0 bridgehead atoms. The van der Waals surface area contributed by atoms with Gasteiger partial charge in [-0.15, -0.1) is 0 Å². The van der Waals surface area contributed by atoms with Crippen molar-refractivity contribution in [2.75, 3.05) is 20.3 Å². The summed E-state index contributed by atoms with van der Waals surface area (Å²) in [5.74, 6) is 0. The first kappa shape index (κ1) is 12.5. The van der Waals surface area contributed by atoms with Gasteiger partial charge >= 0.3 is 6.09 Å². The highest BCUT2D eigenvalue weighted by molar-refractivity contribution is 5.67. The highest BCUT2D eigenvalue weighted by Gasteiger charge is 2.09. The molecule has 1 aromatic rings. The van der Waals surface area contributed by atoms with Crippen LogP contribution in [-0.4, -0.2) is 26.4 Å². The Morgan fingerprint density at radius 1 is 1.31 bits per heavy atom. The van der Waals surface area contributed by atoms with Crippen LogP contribution < -0.4 is 5.32 Å². The highest BCUT2D eigenvalue weighted by atomic mass is 16.6. The minimum absolute atomic E-state index is 0.0590. The zero-order valence-corrected chi connectivity index (χ0v) is 9.60. The fraction of sp³-hybridized carbons (Fsp3) is 0.417. The Kier molecular flexibility index (Phi) is 5.36. The maximum atomic E-state index is 11.3. The SMILES string of the molecule is COCCOC(=O)NC(C)c1ccccc1. The lowest BCUT2D eigenvalue weighted by Crippen LogP contribution is -2.28. The average Bonchev–Trinajstić information content (AvgIpc) is 2.30. The predicted molar refractivity (Wildman–Crippen MR) is 61.2 cm³/mol.